The van der Waals surface area contributed by atoms with Crippen LogP contribution < -0.4 is 5.32 Å². The van der Waals surface area contributed by atoms with Crippen LogP contribution >= 0.6 is 0 Å². The lowest BCUT2D eigenvalue weighted by Crippen LogP contribution is -2.52. The molecule has 3 rings (SSSR count). The Morgan fingerprint density at radius 2 is 2.12 bits per heavy atom. The first-order valence-electron chi connectivity index (χ1n) is 5.85. The molecule has 5 nitrogen and oxygen atoms in total. The van der Waals surface area contributed by atoms with Gasteiger partial charge in [-0.1, -0.05) is 0 Å². The first kappa shape index (κ1) is 12.4. The Balaban J connectivity index is 1.78. The van der Waals surface area contributed by atoms with Gasteiger partial charge in [-0.15, -0.1) is 0 Å². The second kappa shape index (κ2) is 3.70. The van der Waals surface area contributed by atoms with Gasteiger partial charge in [-0.05, 0) is 33.6 Å². The molecule has 3 fully saturated rings. The summed E-state index contributed by atoms with van der Waals surface area (Å²) in [5.41, 5.74) is -1.11. The molecule has 96 valence electrons. The summed E-state index contributed by atoms with van der Waals surface area (Å²) in [6, 6.07) is 0. The highest BCUT2D eigenvalue weighted by molar-refractivity contribution is 5.68. The van der Waals surface area contributed by atoms with E-state index in [9.17, 15) is 9.59 Å². The molecule has 0 aromatic carbocycles. The molecule has 2 aliphatic heterocycles. The van der Waals surface area contributed by atoms with E-state index in [1.54, 1.807) is 0 Å². The van der Waals surface area contributed by atoms with Gasteiger partial charge in [0.25, 0.3) is 0 Å². The van der Waals surface area contributed by atoms with Crippen LogP contribution in [0.5, 0.6) is 0 Å². The number of amides is 1. The highest BCUT2D eigenvalue weighted by Gasteiger charge is 2.62. The fraction of sp³-hybridized carbons (Fsp3) is 0.833. The molecule has 2 saturated heterocycles. The zero-order valence-electron chi connectivity index (χ0n) is 10.5. The molecule has 0 aromatic heterocycles. The molecule has 5 heteroatoms. The number of hydrogen-bond donors (Lipinski definition) is 1. The molecule has 0 atom stereocenters. The predicted molar refractivity (Wildman–Crippen MR) is 60.7 cm³/mol. The topological polar surface area (TPSA) is 64.6 Å². The van der Waals surface area contributed by atoms with E-state index in [-0.39, 0.29) is 11.0 Å². The first-order valence-corrected chi connectivity index (χ1v) is 5.85. The van der Waals surface area contributed by atoms with Crippen molar-refractivity contribution in [2.45, 2.75) is 44.8 Å². The van der Waals surface area contributed by atoms with Crippen LogP contribution in [0.15, 0.2) is 0 Å². The molecule has 0 radical (unpaired) electrons. The molecular weight excluding hydrogens is 222 g/mol. The summed E-state index contributed by atoms with van der Waals surface area (Å²) in [5, 5.41) is 2.70. The van der Waals surface area contributed by atoms with Crippen LogP contribution in [0.2, 0.25) is 0 Å². The SMILES string of the molecule is CC(C)(C)OC(=O)NCC12CC(C=O)(CO1)C2. The minimum absolute atomic E-state index is 0.282. The number of aldehydes is 1. The van der Waals surface area contributed by atoms with Crippen molar-refractivity contribution in [2.24, 2.45) is 5.41 Å². The van der Waals surface area contributed by atoms with Gasteiger partial charge in [-0.2, -0.15) is 0 Å². The standard InChI is InChI=1S/C12H19NO4/c1-10(2,3)17-9(15)13-6-12-4-11(5-12,7-14)8-16-12/h7H,4-6,8H2,1-3H3,(H,13,15). The lowest BCUT2D eigenvalue weighted by atomic mass is 9.63. The van der Waals surface area contributed by atoms with E-state index in [2.05, 4.69) is 5.32 Å². The van der Waals surface area contributed by atoms with Gasteiger partial charge in [-0.25, -0.2) is 4.79 Å². The summed E-state index contributed by atoms with van der Waals surface area (Å²) in [5.74, 6) is 0. The lowest BCUT2D eigenvalue weighted by molar-refractivity contribution is -0.120. The van der Waals surface area contributed by atoms with Crippen molar-refractivity contribution < 1.29 is 19.1 Å². The highest BCUT2D eigenvalue weighted by atomic mass is 16.6. The predicted octanol–water partition coefficient (Wildman–Crippen LogP) is 1.26. The Bertz CT molecular complexity index is 339. The normalized spacial score (nSPS) is 35.0. The summed E-state index contributed by atoms with van der Waals surface area (Å²) in [4.78, 5) is 22.3. The summed E-state index contributed by atoms with van der Waals surface area (Å²) >= 11 is 0. The fourth-order valence-electron chi connectivity index (χ4n) is 2.57. The second-order valence-electron chi connectivity index (χ2n) is 6.16. The lowest BCUT2D eigenvalue weighted by Gasteiger charge is -2.41. The Kier molecular flexibility index (Phi) is 2.69. The molecule has 0 unspecified atom stereocenters. The number of hydrogen-bond acceptors (Lipinski definition) is 4. The van der Waals surface area contributed by atoms with Gasteiger partial charge in [0.05, 0.1) is 17.6 Å². The van der Waals surface area contributed by atoms with Crippen LogP contribution in [0.1, 0.15) is 33.6 Å². The molecule has 1 saturated carbocycles. The number of ether oxygens (including phenoxy) is 2. The second-order valence-corrected chi connectivity index (χ2v) is 6.16. The van der Waals surface area contributed by atoms with Gasteiger partial charge in [0, 0.05) is 6.54 Å². The number of alkyl carbamates (subject to hydrolysis) is 1. The van der Waals surface area contributed by atoms with Crippen LogP contribution in [0.3, 0.4) is 0 Å². The largest absolute Gasteiger partial charge is 0.444 e. The first-order chi connectivity index (χ1) is 7.78. The summed E-state index contributed by atoms with van der Waals surface area (Å²) in [6.45, 7) is 6.34. The average molecular weight is 241 g/mol. The molecule has 0 aromatic rings. The monoisotopic (exact) mass is 241 g/mol. The van der Waals surface area contributed by atoms with Crippen molar-refractivity contribution >= 4 is 12.4 Å². The van der Waals surface area contributed by atoms with E-state index >= 15 is 0 Å². The maximum Gasteiger partial charge on any atom is 0.407 e. The molecule has 0 spiro atoms. The minimum Gasteiger partial charge on any atom is -0.444 e. The summed E-state index contributed by atoms with van der Waals surface area (Å²) in [7, 11) is 0. The number of fused-ring (bicyclic) bond motifs is 1. The van der Waals surface area contributed by atoms with Crippen LogP contribution in [0, 0.1) is 5.41 Å². The van der Waals surface area contributed by atoms with Crippen LogP contribution in [-0.4, -0.2) is 36.7 Å². The van der Waals surface area contributed by atoms with E-state index < -0.39 is 11.7 Å². The molecule has 2 heterocycles. The van der Waals surface area contributed by atoms with Gasteiger partial charge in [-0.3, -0.25) is 0 Å². The van der Waals surface area contributed by atoms with Crippen molar-refractivity contribution in [1.82, 2.24) is 5.32 Å². The van der Waals surface area contributed by atoms with Crippen LogP contribution in [0.25, 0.3) is 0 Å². The maximum absolute atomic E-state index is 11.5. The third-order valence-corrected chi connectivity index (χ3v) is 3.22. The van der Waals surface area contributed by atoms with E-state index in [1.165, 1.54) is 0 Å². The average Bonchev–Trinajstić information content (AvgIpc) is 2.67. The van der Waals surface area contributed by atoms with Gasteiger partial charge >= 0.3 is 6.09 Å². The highest BCUT2D eigenvalue weighted by Crippen LogP contribution is 2.56. The Hall–Kier alpha value is -1.10. The number of carbonyl (C=O) groups excluding carboxylic acids is 2. The Morgan fingerprint density at radius 3 is 2.59 bits per heavy atom. The van der Waals surface area contributed by atoms with Gasteiger partial charge in [0.2, 0.25) is 0 Å². The minimum atomic E-state index is -0.496. The quantitative estimate of drug-likeness (QED) is 0.755. The van der Waals surface area contributed by atoms with Gasteiger partial charge in [0.15, 0.2) is 0 Å². The van der Waals surface area contributed by atoms with Crippen molar-refractivity contribution in [3.63, 3.8) is 0 Å². The Labute approximate surface area is 101 Å². The molecule has 1 amide bonds. The van der Waals surface area contributed by atoms with E-state index in [1.807, 2.05) is 20.8 Å². The number of carbonyl (C=O) groups is 2. The molecule has 1 N–H and O–H groups in total. The Morgan fingerprint density at radius 1 is 1.47 bits per heavy atom. The van der Waals surface area contributed by atoms with Gasteiger partial charge in [0.1, 0.15) is 11.9 Å². The summed E-state index contributed by atoms with van der Waals surface area (Å²) in [6.07, 6.45) is 1.95. The third-order valence-electron chi connectivity index (χ3n) is 3.22. The van der Waals surface area contributed by atoms with Crippen molar-refractivity contribution in [3.05, 3.63) is 0 Å². The smallest absolute Gasteiger partial charge is 0.407 e. The maximum atomic E-state index is 11.5. The van der Waals surface area contributed by atoms with Gasteiger partial charge < -0.3 is 19.6 Å². The van der Waals surface area contributed by atoms with Crippen molar-refractivity contribution in [2.75, 3.05) is 13.2 Å². The number of rotatable bonds is 3. The van der Waals surface area contributed by atoms with E-state index in [0.29, 0.717) is 26.0 Å². The van der Waals surface area contributed by atoms with Crippen molar-refractivity contribution in [3.8, 4) is 0 Å². The summed E-state index contributed by atoms with van der Waals surface area (Å²) < 4.78 is 10.7. The van der Waals surface area contributed by atoms with Crippen LogP contribution in [0.4, 0.5) is 4.79 Å². The fourth-order valence-corrected chi connectivity index (χ4v) is 2.57. The molecule has 17 heavy (non-hydrogen) atoms. The van der Waals surface area contributed by atoms with E-state index in [0.717, 1.165) is 6.29 Å². The molecule has 2 bridgehead atoms. The molecule has 3 aliphatic rings. The zero-order chi connectivity index (χ0) is 12.7. The van der Waals surface area contributed by atoms with Crippen molar-refractivity contribution in [1.29, 1.82) is 0 Å². The van der Waals surface area contributed by atoms with Crippen LogP contribution in [-0.2, 0) is 14.3 Å². The van der Waals surface area contributed by atoms with E-state index in [4.69, 9.17) is 9.47 Å². The molecule has 1 aliphatic carbocycles. The molecular formula is C12H19NO4. The third kappa shape index (κ3) is 2.44. The number of nitrogens with one attached hydrogen (secondary N) is 1. The zero-order valence-corrected chi connectivity index (χ0v) is 10.5.